The Bertz CT molecular complexity index is 1340. The standard InChI is InChI=1S/C27H29Cl2N5O2/c1-14-10-16(11-17-13-34(3)9-8-19(14)17)22-12-31-25(30)27(33-22)36-15(2)23-21(28)7-6-20(24(23)29)26(35)32-18-4-5-18/h6-7,10-12,15,18H,4-5,8-9,13H2,1-3H3,(H2,30,31)(H,32,35)/t15-/m0/s1. The Morgan fingerprint density at radius 2 is 2.06 bits per heavy atom. The molecule has 1 atom stereocenters. The molecule has 1 aliphatic carbocycles. The van der Waals surface area contributed by atoms with E-state index in [0.717, 1.165) is 37.9 Å². The van der Waals surface area contributed by atoms with Crippen molar-refractivity contribution >= 4 is 34.9 Å². The van der Waals surface area contributed by atoms with Gasteiger partial charge in [-0.15, -0.1) is 0 Å². The van der Waals surface area contributed by atoms with Gasteiger partial charge in [0.15, 0.2) is 5.82 Å². The molecule has 2 heterocycles. The van der Waals surface area contributed by atoms with Crippen molar-refractivity contribution in [2.24, 2.45) is 0 Å². The number of nitrogens with zero attached hydrogens (tertiary/aromatic N) is 3. The maximum absolute atomic E-state index is 12.6. The molecule has 0 bridgehead atoms. The first kappa shape index (κ1) is 24.8. The Morgan fingerprint density at radius 1 is 1.28 bits per heavy atom. The maximum atomic E-state index is 12.6. The fourth-order valence-electron chi connectivity index (χ4n) is 4.65. The normalized spacial score (nSPS) is 16.4. The average Bonchev–Trinajstić information content (AvgIpc) is 3.64. The number of nitrogens with two attached hydrogens (primary N) is 1. The van der Waals surface area contributed by atoms with Gasteiger partial charge in [0.1, 0.15) is 6.10 Å². The fourth-order valence-corrected chi connectivity index (χ4v) is 5.41. The predicted octanol–water partition coefficient (Wildman–Crippen LogP) is 5.36. The number of nitrogen functional groups attached to an aromatic ring is 1. The van der Waals surface area contributed by atoms with Crippen LogP contribution in [0.5, 0.6) is 5.88 Å². The number of benzene rings is 2. The number of nitrogens with one attached hydrogen (secondary N) is 1. The number of carbonyl (C=O) groups excluding carboxylic acids is 1. The lowest BCUT2D eigenvalue weighted by Crippen LogP contribution is -2.27. The van der Waals surface area contributed by atoms with Crippen LogP contribution in [0, 0.1) is 6.92 Å². The minimum Gasteiger partial charge on any atom is -0.467 e. The molecule has 9 heteroatoms. The van der Waals surface area contributed by atoms with Gasteiger partial charge in [-0.1, -0.05) is 23.2 Å². The highest BCUT2D eigenvalue weighted by molar-refractivity contribution is 6.38. The molecule has 3 N–H and O–H groups in total. The van der Waals surface area contributed by atoms with Gasteiger partial charge in [0.2, 0.25) is 0 Å². The fraction of sp³-hybridized carbons (Fsp3) is 0.370. The first-order chi connectivity index (χ1) is 17.2. The van der Waals surface area contributed by atoms with Crippen LogP contribution in [0.25, 0.3) is 11.3 Å². The molecule has 1 aliphatic heterocycles. The summed E-state index contributed by atoms with van der Waals surface area (Å²) >= 11 is 13.1. The number of carbonyl (C=O) groups is 1. The zero-order valence-corrected chi connectivity index (χ0v) is 22.1. The van der Waals surface area contributed by atoms with Crippen LogP contribution in [0.2, 0.25) is 10.0 Å². The Kier molecular flexibility index (Phi) is 6.81. The molecule has 1 amide bonds. The van der Waals surface area contributed by atoms with Crippen molar-refractivity contribution in [1.29, 1.82) is 0 Å². The van der Waals surface area contributed by atoms with Crippen LogP contribution >= 0.6 is 23.2 Å². The third-order valence-electron chi connectivity index (χ3n) is 6.79. The number of ether oxygens (including phenoxy) is 1. The monoisotopic (exact) mass is 525 g/mol. The molecule has 0 saturated heterocycles. The van der Waals surface area contributed by atoms with Crippen molar-refractivity contribution < 1.29 is 9.53 Å². The summed E-state index contributed by atoms with van der Waals surface area (Å²) in [6.07, 6.45) is 4.04. The summed E-state index contributed by atoms with van der Waals surface area (Å²) in [6, 6.07) is 7.80. The van der Waals surface area contributed by atoms with E-state index in [-0.39, 0.29) is 28.7 Å². The van der Waals surface area contributed by atoms with Crippen LogP contribution in [0.15, 0.2) is 30.5 Å². The summed E-state index contributed by atoms with van der Waals surface area (Å²) in [5, 5.41) is 3.61. The van der Waals surface area contributed by atoms with Gasteiger partial charge in [0, 0.05) is 35.3 Å². The van der Waals surface area contributed by atoms with E-state index in [0.29, 0.717) is 21.8 Å². The molecule has 0 spiro atoms. The van der Waals surface area contributed by atoms with Crippen molar-refractivity contribution in [2.45, 2.75) is 51.8 Å². The van der Waals surface area contributed by atoms with E-state index in [1.807, 2.05) is 0 Å². The Labute approximate surface area is 221 Å². The van der Waals surface area contributed by atoms with Crippen molar-refractivity contribution in [1.82, 2.24) is 20.2 Å². The second-order valence-corrected chi connectivity index (χ2v) is 10.5. The zero-order chi connectivity index (χ0) is 25.6. The third kappa shape index (κ3) is 5.01. The van der Waals surface area contributed by atoms with Gasteiger partial charge >= 0.3 is 0 Å². The predicted molar refractivity (Wildman–Crippen MR) is 143 cm³/mol. The minimum absolute atomic E-state index is 0.162. The van der Waals surface area contributed by atoms with Gasteiger partial charge in [0.05, 0.1) is 22.5 Å². The zero-order valence-electron chi connectivity index (χ0n) is 20.6. The Balaban J connectivity index is 1.44. The number of anilines is 1. The van der Waals surface area contributed by atoms with E-state index in [1.165, 1.54) is 16.7 Å². The highest BCUT2D eigenvalue weighted by atomic mass is 35.5. The van der Waals surface area contributed by atoms with Gasteiger partial charge in [-0.05, 0) is 81.1 Å². The molecular formula is C27H29Cl2N5O2. The lowest BCUT2D eigenvalue weighted by atomic mass is 9.92. The van der Waals surface area contributed by atoms with E-state index in [4.69, 9.17) is 38.7 Å². The molecule has 5 rings (SSSR count). The van der Waals surface area contributed by atoms with Gasteiger partial charge in [-0.3, -0.25) is 4.79 Å². The second-order valence-electron chi connectivity index (χ2n) is 9.69. The van der Waals surface area contributed by atoms with Crippen LogP contribution in [-0.2, 0) is 13.0 Å². The molecule has 2 aliphatic rings. The number of aryl methyl sites for hydroxylation is 1. The molecule has 1 fully saturated rings. The van der Waals surface area contributed by atoms with Crippen LogP contribution in [0.1, 0.15) is 58.5 Å². The molecule has 2 aromatic carbocycles. The molecule has 7 nitrogen and oxygen atoms in total. The van der Waals surface area contributed by atoms with E-state index < -0.39 is 6.10 Å². The van der Waals surface area contributed by atoms with E-state index in [1.54, 1.807) is 25.3 Å². The molecule has 36 heavy (non-hydrogen) atoms. The molecule has 1 saturated carbocycles. The average molecular weight is 526 g/mol. The number of halogens is 2. The molecule has 0 unspecified atom stereocenters. The summed E-state index contributed by atoms with van der Waals surface area (Å²) in [6.45, 7) is 5.88. The quantitative estimate of drug-likeness (QED) is 0.449. The minimum atomic E-state index is -0.621. The highest BCUT2D eigenvalue weighted by Crippen LogP contribution is 2.37. The number of hydrogen-bond donors (Lipinski definition) is 2. The summed E-state index contributed by atoms with van der Waals surface area (Å²) in [5.74, 6) is 0.129. The van der Waals surface area contributed by atoms with Crippen molar-refractivity contribution in [3.63, 3.8) is 0 Å². The molecule has 0 radical (unpaired) electrons. The van der Waals surface area contributed by atoms with Gasteiger partial charge < -0.3 is 20.7 Å². The van der Waals surface area contributed by atoms with Crippen molar-refractivity contribution in [3.8, 4) is 17.1 Å². The summed E-state index contributed by atoms with van der Waals surface area (Å²) in [7, 11) is 2.13. The second kappa shape index (κ2) is 9.88. The van der Waals surface area contributed by atoms with E-state index in [2.05, 4.69) is 41.3 Å². The Morgan fingerprint density at radius 3 is 2.81 bits per heavy atom. The van der Waals surface area contributed by atoms with Gasteiger partial charge in [-0.25, -0.2) is 9.97 Å². The summed E-state index contributed by atoms with van der Waals surface area (Å²) in [5.41, 5.74) is 12.6. The highest BCUT2D eigenvalue weighted by Gasteiger charge is 2.27. The topological polar surface area (TPSA) is 93.4 Å². The number of aromatic nitrogens is 2. The maximum Gasteiger partial charge on any atom is 0.258 e. The first-order valence-corrected chi connectivity index (χ1v) is 12.9. The van der Waals surface area contributed by atoms with Crippen LogP contribution < -0.4 is 15.8 Å². The lowest BCUT2D eigenvalue weighted by molar-refractivity contribution is 0.0951. The van der Waals surface area contributed by atoms with Crippen LogP contribution in [-0.4, -0.2) is 40.4 Å². The van der Waals surface area contributed by atoms with Gasteiger partial charge in [-0.2, -0.15) is 0 Å². The lowest BCUT2D eigenvalue weighted by Gasteiger charge is -2.27. The number of rotatable bonds is 6. The smallest absolute Gasteiger partial charge is 0.258 e. The van der Waals surface area contributed by atoms with E-state index >= 15 is 0 Å². The SMILES string of the molecule is Cc1cc(-c2cnc(N)c(O[C@@H](C)c3c(Cl)ccc(C(=O)NC4CC4)c3Cl)n2)cc2c1CCN(C)C2. The van der Waals surface area contributed by atoms with Crippen molar-refractivity contribution in [3.05, 3.63) is 68.3 Å². The van der Waals surface area contributed by atoms with Crippen LogP contribution in [0.4, 0.5) is 5.82 Å². The summed E-state index contributed by atoms with van der Waals surface area (Å²) in [4.78, 5) is 24.0. The molecular weight excluding hydrogens is 497 g/mol. The van der Waals surface area contributed by atoms with Gasteiger partial charge in [0.25, 0.3) is 11.8 Å². The number of hydrogen-bond acceptors (Lipinski definition) is 6. The summed E-state index contributed by atoms with van der Waals surface area (Å²) < 4.78 is 6.14. The third-order valence-corrected chi connectivity index (χ3v) is 7.53. The van der Waals surface area contributed by atoms with Crippen LogP contribution in [0.3, 0.4) is 0 Å². The van der Waals surface area contributed by atoms with Crippen molar-refractivity contribution in [2.75, 3.05) is 19.3 Å². The molecule has 1 aromatic heterocycles. The molecule has 188 valence electrons. The number of amides is 1. The van der Waals surface area contributed by atoms with E-state index in [9.17, 15) is 4.79 Å². The Hall–Kier alpha value is -2.87. The largest absolute Gasteiger partial charge is 0.467 e. The first-order valence-electron chi connectivity index (χ1n) is 12.1. The molecule has 3 aromatic rings. The number of likely N-dealkylation sites (N-methyl/N-ethyl adjacent to an activating group) is 1. The number of fused-ring (bicyclic) bond motifs is 1.